The quantitative estimate of drug-likeness (QED) is 0.532. The van der Waals surface area contributed by atoms with Crippen molar-refractivity contribution in [1.82, 2.24) is 20.2 Å². The van der Waals surface area contributed by atoms with Gasteiger partial charge in [0.25, 0.3) is 0 Å². The van der Waals surface area contributed by atoms with Gasteiger partial charge < -0.3 is 19.9 Å². The highest BCUT2D eigenvalue weighted by atomic mass is 16.5. The van der Waals surface area contributed by atoms with Crippen molar-refractivity contribution in [1.29, 1.82) is 0 Å². The molecule has 1 saturated carbocycles. The number of ether oxygens (including phenoxy) is 1. The molecule has 1 saturated heterocycles. The summed E-state index contributed by atoms with van der Waals surface area (Å²) in [5.41, 5.74) is 3.31. The Labute approximate surface area is 191 Å². The number of nitrogens with one attached hydrogen (secondary N) is 2. The van der Waals surface area contributed by atoms with Gasteiger partial charge >= 0.3 is 0 Å². The summed E-state index contributed by atoms with van der Waals surface area (Å²) in [6.07, 6.45) is 9.01. The van der Waals surface area contributed by atoms with Crippen molar-refractivity contribution in [3.8, 4) is 5.75 Å². The first-order valence-corrected chi connectivity index (χ1v) is 12.4. The van der Waals surface area contributed by atoms with E-state index in [1.54, 1.807) is 0 Å². The van der Waals surface area contributed by atoms with Crippen LogP contribution >= 0.6 is 0 Å². The molecular weight excluding hydrogens is 396 g/mol. The summed E-state index contributed by atoms with van der Waals surface area (Å²) >= 11 is 0. The fourth-order valence-corrected chi connectivity index (χ4v) is 5.21. The lowest BCUT2D eigenvalue weighted by Crippen LogP contribution is -2.42. The largest absolute Gasteiger partial charge is 0.493 e. The highest BCUT2D eigenvalue weighted by molar-refractivity contribution is 5.75. The Hall–Kier alpha value is -2.37. The number of para-hydroxylation sites is 2. The Morgan fingerprint density at radius 3 is 2.66 bits per heavy atom. The SMILES string of the molecule is CN1CCC(NC(c2cccc(OCC3CCCCC3)c2)c2nc3ccccc3[nH]2)CC1. The van der Waals surface area contributed by atoms with E-state index in [2.05, 4.69) is 64.7 Å². The first-order valence-electron chi connectivity index (χ1n) is 12.4. The summed E-state index contributed by atoms with van der Waals surface area (Å²) in [5, 5.41) is 3.93. The van der Waals surface area contributed by atoms with Crippen molar-refractivity contribution in [2.45, 2.75) is 57.0 Å². The van der Waals surface area contributed by atoms with Gasteiger partial charge in [0.05, 0.1) is 23.7 Å². The van der Waals surface area contributed by atoms with Gasteiger partial charge in [-0.3, -0.25) is 0 Å². The molecule has 1 aromatic heterocycles. The Morgan fingerprint density at radius 1 is 1.03 bits per heavy atom. The normalized spacial score (nSPS) is 19.9. The zero-order chi connectivity index (χ0) is 21.8. The van der Waals surface area contributed by atoms with Crippen LogP contribution in [-0.2, 0) is 0 Å². The minimum Gasteiger partial charge on any atom is -0.493 e. The van der Waals surface area contributed by atoms with Gasteiger partial charge in [-0.25, -0.2) is 4.98 Å². The summed E-state index contributed by atoms with van der Waals surface area (Å²) in [6, 6.07) is 17.4. The first-order chi connectivity index (χ1) is 15.7. The van der Waals surface area contributed by atoms with E-state index < -0.39 is 0 Å². The topological polar surface area (TPSA) is 53.2 Å². The lowest BCUT2D eigenvalue weighted by molar-refractivity contribution is 0.208. The van der Waals surface area contributed by atoms with Crippen LogP contribution in [0.3, 0.4) is 0 Å². The number of rotatable bonds is 7. The molecule has 2 aliphatic rings. The number of imidazole rings is 1. The van der Waals surface area contributed by atoms with E-state index in [9.17, 15) is 0 Å². The number of aromatic nitrogens is 2. The Kier molecular flexibility index (Phi) is 6.75. The molecule has 5 nitrogen and oxygen atoms in total. The molecule has 0 spiro atoms. The second-order valence-electron chi connectivity index (χ2n) is 9.70. The van der Waals surface area contributed by atoms with Gasteiger partial charge in [-0.05, 0) is 81.6 Å². The molecule has 32 heavy (non-hydrogen) atoms. The average molecular weight is 433 g/mol. The molecule has 170 valence electrons. The number of aromatic amines is 1. The maximum atomic E-state index is 6.27. The second-order valence-corrected chi connectivity index (χ2v) is 9.70. The van der Waals surface area contributed by atoms with E-state index in [4.69, 9.17) is 9.72 Å². The molecule has 2 fully saturated rings. The number of piperidine rings is 1. The predicted molar refractivity (Wildman–Crippen MR) is 130 cm³/mol. The zero-order valence-electron chi connectivity index (χ0n) is 19.2. The molecule has 0 radical (unpaired) electrons. The molecule has 2 aromatic carbocycles. The van der Waals surface area contributed by atoms with E-state index >= 15 is 0 Å². The van der Waals surface area contributed by atoms with Crippen molar-refractivity contribution in [3.63, 3.8) is 0 Å². The first kappa shape index (κ1) is 21.5. The van der Waals surface area contributed by atoms with Gasteiger partial charge in [-0.15, -0.1) is 0 Å². The van der Waals surface area contributed by atoms with Crippen LogP contribution < -0.4 is 10.1 Å². The molecule has 1 atom stereocenters. The smallest absolute Gasteiger partial charge is 0.129 e. The van der Waals surface area contributed by atoms with E-state index in [1.807, 2.05) is 6.07 Å². The van der Waals surface area contributed by atoms with Crippen molar-refractivity contribution in [3.05, 3.63) is 59.9 Å². The number of benzene rings is 2. The van der Waals surface area contributed by atoms with E-state index in [0.717, 1.165) is 55.1 Å². The molecule has 3 aromatic rings. The highest BCUT2D eigenvalue weighted by Gasteiger charge is 2.25. The zero-order valence-corrected chi connectivity index (χ0v) is 19.2. The fraction of sp³-hybridized carbons (Fsp3) is 0.519. The molecule has 1 aliphatic carbocycles. The number of nitrogens with zero attached hydrogens (tertiary/aromatic N) is 2. The van der Waals surface area contributed by atoms with Crippen LogP contribution in [0, 0.1) is 5.92 Å². The van der Waals surface area contributed by atoms with Crippen LogP contribution in [-0.4, -0.2) is 47.7 Å². The number of likely N-dealkylation sites (tertiary alicyclic amines) is 1. The minimum atomic E-state index is 0.0223. The minimum absolute atomic E-state index is 0.0223. The van der Waals surface area contributed by atoms with E-state index in [0.29, 0.717) is 12.0 Å². The van der Waals surface area contributed by atoms with Crippen molar-refractivity contribution >= 4 is 11.0 Å². The number of hydrogen-bond donors (Lipinski definition) is 2. The standard InChI is InChI=1S/C27H36N4O/c1-31-16-14-22(15-17-31)28-26(27-29-24-12-5-6-13-25(24)30-27)21-10-7-11-23(18-21)32-19-20-8-3-2-4-9-20/h5-7,10-13,18,20,22,26,28H,2-4,8-9,14-17,19H2,1H3,(H,29,30). The Morgan fingerprint density at radius 2 is 1.84 bits per heavy atom. The summed E-state index contributed by atoms with van der Waals surface area (Å²) in [7, 11) is 2.21. The maximum Gasteiger partial charge on any atom is 0.129 e. The third-order valence-corrected chi connectivity index (χ3v) is 7.20. The van der Waals surface area contributed by atoms with Gasteiger partial charge in [0.15, 0.2) is 0 Å². The van der Waals surface area contributed by atoms with Gasteiger partial charge in [0, 0.05) is 6.04 Å². The molecule has 1 aliphatic heterocycles. The monoisotopic (exact) mass is 432 g/mol. The summed E-state index contributed by atoms with van der Waals surface area (Å²) in [5.74, 6) is 2.66. The predicted octanol–water partition coefficient (Wildman–Crippen LogP) is 5.30. The van der Waals surface area contributed by atoms with E-state index in [1.165, 1.54) is 37.7 Å². The maximum absolute atomic E-state index is 6.27. The molecule has 0 bridgehead atoms. The fourth-order valence-electron chi connectivity index (χ4n) is 5.21. The Balaban J connectivity index is 1.37. The molecule has 2 N–H and O–H groups in total. The molecule has 0 amide bonds. The van der Waals surface area contributed by atoms with Crippen LogP contribution in [0.4, 0.5) is 0 Å². The summed E-state index contributed by atoms with van der Waals surface area (Å²) in [4.78, 5) is 10.9. The van der Waals surface area contributed by atoms with Crippen molar-refractivity contribution < 1.29 is 4.74 Å². The summed E-state index contributed by atoms with van der Waals surface area (Å²) < 4.78 is 6.27. The Bertz CT molecular complexity index is 969. The molecule has 2 heterocycles. The van der Waals surface area contributed by atoms with Gasteiger partial charge in [-0.2, -0.15) is 0 Å². The lowest BCUT2D eigenvalue weighted by Gasteiger charge is -2.32. The van der Waals surface area contributed by atoms with Crippen molar-refractivity contribution in [2.75, 3.05) is 26.7 Å². The van der Waals surface area contributed by atoms with Crippen LogP contribution in [0.1, 0.15) is 62.4 Å². The van der Waals surface area contributed by atoms with Crippen LogP contribution in [0.5, 0.6) is 5.75 Å². The number of fused-ring (bicyclic) bond motifs is 1. The molecule has 1 unspecified atom stereocenters. The van der Waals surface area contributed by atoms with Crippen LogP contribution in [0.15, 0.2) is 48.5 Å². The highest BCUT2D eigenvalue weighted by Crippen LogP contribution is 2.29. The molecule has 5 heteroatoms. The van der Waals surface area contributed by atoms with Crippen LogP contribution in [0.25, 0.3) is 11.0 Å². The molecule has 5 rings (SSSR count). The number of H-pyrrole nitrogens is 1. The van der Waals surface area contributed by atoms with Crippen LogP contribution in [0.2, 0.25) is 0 Å². The molecular formula is C27H36N4O. The van der Waals surface area contributed by atoms with Gasteiger partial charge in [0.1, 0.15) is 11.6 Å². The summed E-state index contributed by atoms with van der Waals surface area (Å²) in [6.45, 7) is 3.10. The third kappa shape index (κ3) is 5.16. The third-order valence-electron chi connectivity index (χ3n) is 7.20. The van der Waals surface area contributed by atoms with Gasteiger partial charge in [0.2, 0.25) is 0 Å². The van der Waals surface area contributed by atoms with E-state index in [-0.39, 0.29) is 6.04 Å². The van der Waals surface area contributed by atoms with Crippen molar-refractivity contribution in [2.24, 2.45) is 5.92 Å². The average Bonchev–Trinajstić information content (AvgIpc) is 3.27. The second kappa shape index (κ2) is 10.1. The lowest BCUT2D eigenvalue weighted by atomic mass is 9.90. The number of hydrogen-bond acceptors (Lipinski definition) is 4. The van der Waals surface area contributed by atoms with Gasteiger partial charge in [-0.1, -0.05) is 43.5 Å².